The van der Waals surface area contributed by atoms with Gasteiger partial charge in [0.25, 0.3) is 0 Å². The second-order valence-corrected chi connectivity index (χ2v) is 8.02. The molecule has 2 aromatic rings. The lowest BCUT2D eigenvalue weighted by molar-refractivity contribution is -0.134. The molecule has 2 N–H and O–H groups in total. The maximum Gasteiger partial charge on any atom is 0.241 e. The van der Waals surface area contributed by atoms with Gasteiger partial charge in [-0.15, -0.1) is 0 Å². The molecule has 2 aliphatic heterocycles. The number of pyridine rings is 1. The first kappa shape index (κ1) is 21.5. The average molecular weight is 426 g/mol. The van der Waals surface area contributed by atoms with Crippen LogP contribution in [0, 0.1) is 0 Å². The highest BCUT2D eigenvalue weighted by atomic mass is 16.5. The van der Waals surface area contributed by atoms with Crippen LogP contribution in [0.25, 0.3) is 0 Å². The van der Waals surface area contributed by atoms with Crippen molar-refractivity contribution >= 4 is 5.91 Å². The van der Waals surface area contributed by atoms with Gasteiger partial charge in [-0.2, -0.15) is 0 Å². The average Bonchev–Trinajstić information content (AvgIpc) is 3.33. The summed E-state index contributed by atoms with van der Waals surface area (Å²) in [5.74, 6) is 1.57. The normalized spacial score (nSPS) is 21.8. The number of hydrogen-bond acceptors (Lipinski definition) is 7. The SMILES string of the molecule is COc1ccc(C2CC(C(=O)N3CCN(CCc4ccncc4)CC3)NN2)cc1OC. The molecular weight excluding hydrogens is 394 g/mol. The fraction of sp³-hybridized carbons (Fsp3) is 0.478. The van der Waals surface area contributed by atoms with E-state index in [1.807, 2.05) is 35.5 Å². The lowest BCUT2D eigenvalue weighted by Gasteiger charge is -2.35. The van der Waals surface area contributed by atoms with Crippen LogP contribution in [-0.4, -0.2) is 73.7 Å². The van der Waals surface area contributed by atoms with E-state index in [9.17, 15) is 4.79 Å². The Bertz CT molecular complexity index is 871. The molecule has 0 radical (unpaired) electrons. The first-order chi connectivity index (χ1) is 15.2. The molecule has 4 rings (SSSR count). The summed E-state index contributed by atoms with van der Waals surface area (Å²) in [7, 11) is 3.26. The number of aromatic nitrogens is 1. The van der Waals surface area contributed by atoms with Crippen LogP contribution in [0.15, 0.2) is 42.7 Å². The molecule has 31 heavy (non-hydrogen) atoms. The van der Waals surface area contributed by atoms with Crippen molar-refractivity contribution in [3.05, 3.63) is 53.9 Å². The predicted molar refractivity (Wildman–Crippen MR) is 118 cm³/mol. The molecule has 1 amide bonds. The van der Waals surface area contributed by atoms with E-state index in [-0.39, 0.29) is 18.0 Å². The molecule has 2 saturated heterocycles. The maximum atomic E-state index is 13.0. The van der Waals surface area contributed by atoms with Gasteiger partial charge in [-0.1, -0.05) is 6.07 Å². The van der Waals surface area contributed by atoms with Crippen LogP contribution in [0.1, 0.15) is 23.6 Å². The molecule has 2 unspecified atom stereocenters. The minimum Gasteiger partial charge on any atom is -0.493 e. The molecular formula is C23H31N5O3. The van der Waals surface area contributed by atoms with Crippen molar-refractivity contribution in [1.29, 1.82) is 0 Å². The van der Waals surface area contributed by atoms with Crippen LogP contribution < -0.4 is 20.3 Å². The number of carbonyl (C=O) groups is 1. The van der Waals surface area contributed by atoms with Gasteiger partial charge in [0.1, 0.15) is 6.04 Å². The van der Waals surface area contributed by atoms with Gasteiger partial charge in [0.2, 0.25) is 5.91 Å². The highest BCUT2D eigenvalue weighted by molar-refractivity contribution is 5.82. The third-order valence-corrected chi connectivity index (χ3v) is 6.16. The monoisotopic (exact) mass is 425 g/mol. The van der Waals surface area contributed by atoms with Crippen LogP contribution in [-0.2, 0) is 11.2 Å². The number of hydrazine groups is 1. The van der Waals surface area contributed by atoms with Crippen LogP contribution >= 0.6 is 0 Å². The lowest BCUT2D eigenvalue weighted by atomic mass is 10.0. The summed E-state index contributed by atoms with van der Waals surface area (Å²) in [4.78, 5) is 21.5. The molecule has 1 aromatic carbocycles. The van der Waals surface area contributed by atoms with E-state index in [0.717, 1.165) is 44.7 Å². The zero-order valence-electron chi connectivity index (χ0n) is 18.2. The molecule has 3 heterocycles. The molecule has 8 heteroatoms. The van der Waals surface area contributed by atoms with Crippen molar-refractivity contribution in [2.45, 2.75) is 24.9 Å². The van der Waals surface area contributed by atoms with Gasteiger partial charge in [0.15, 0.2) is 11.5 Å². The van der Waals surface area contributed by atoms with Crippen LogP contribution in [0.4, 0.5) is 0 Å². The van der Waals surface area contributed by atoms with Crippen LogP contribution in [0.3, 0.4) is 0 Å². The Hall–Kier alpha value is -2.68. The van der Waals surface area contributed by atoms with Gasteiger partial charge in [0.05, 0.1) is 14.2 Å². The van der Waals surface area contributed by atoms with E-state index in [2.05, 4.69) is 32.9 Å². The van der Waals surface area contributed by atoms with Crippen LogP contribution in [0.5, 0.6) is 11.5 Å². The number of nitrogens with one attached hydrogen (secondary N) is 2. The van der Waals surface area contributed by atoms with E-state index in [1.165, 1.54) is 5.56 Å². The molecule has 0 aliphatic carbocycles. The number of amides is 1. The quantitative estimate of drug-likeness (QED) is 0.694. The van der Waals surface area contributed by atoms with Gasteiger partial charge < -0.3 is 14.4 Å². The smallest absolute Gasteiger partial charge is 0.241 e. The Balaban J connectivity index is 1.26. The largest absolute Gasteiger partial charge is 0.493 e. The molecule has 1 aromatic heterocycles. The Kier molecular flexibility index (Phi) is 7.01. The summed E-state index contributed by atoms with van der Waals surface area (Å²) in [5.41, 5.74) is 8.84. The molecule has 0 bridgehead atoms. The summed E-state index contributed by atoms with van der Waals surface area (Å²) in [6.45, 7) is 4.38. The summed E-state index contributed by atoms with van der Waals surface area (Å²) < 4.78 is 10.7. The molecule has 2 aliphatic rings. The van der Waals surface area contributed by atoms with Crippen molar-refractivity contribution in [1.82, 2.24) is 25.6 Å². The predicted octanol–water partition coefficient (Wildman–Crippen LogP) is 1.39. The minimum atomic E-state index is -0.221. The number of piperazine rings is 1. The van der Waals surface area contributed by atoms with E-state index in [1.54, 1.807) is 14.2 Å². The second-order valence-electron chi connectivity index (χ2n) is 8.02. The summed E-state index contributed by atoms with van der Waals surface area (Å²) in [5, 5.41) is 0. The minimum absolute atomic E-state index is 0.0513. The number of methoxy groups -OCH3 is 2. The van der Waals surface area contributed by atoms with E-state index in [0.29, 0.717) is 17.9 Å². The number of rotatable bonds is 7. The number of carbonyl (C=O) groups excluding carboxylic acids is 1. The lowest BCUT2D eigenvalue weighted by Crippen LogP contribution is -2.53. The van der Waals surface area contributed by atoms with Gasteiger partial charge in [-0.3, -0.25) is 14.7 Å². The first-order valence-electron chi connectivity index (χ1n) is 10.8. The van der Waals surface area contributed by atoms with Crippen molar-refractivity contribution in [2.75, 3.05) is 46.9 Å². The Morgan fingerprint density at radius 1 is 1.03 bits per heavy atom. The molecule has 2 atom stereocenters. The molecule has 166 valence electrons. The fourth-order valence-corrected chi connectivity index (χ4v) is 4.26. The highest BCUT2D eigenvalue weighted by Crippen LogP contribution is 2.32. The van der Waals surface area contributed by atoms with E-state index < -0.39 is 0 Å². The van der Waals surface area contributed by atoms with Gasteiger partial charge in [-0.05, 0) is 48.2 Å². The van der Waals surface area contributed by atoms with Crippen molar-refractivity contribution in [3.63, 3.8) is 0 Å². The zero-order chi connectivity index (χ0) is 21.6. The number of hydrogen-bond donors (Lipinski definition) is 2. The standard InChI is InChI=1S/C23H31N5O3/c1-30-21-4-3-18(15-22(21)31-2)19-16-20(26-25-19)23(29)28-13-11-27(12-14-28)10-7-17-5-8-24-9-6-17/h3-6,8-9,15,19-20,25-26H,7,10-14,16H2,1-2H3. The maximum absolute atomic E-state index is 13.0. The summed E-state index contributed by atoms with van der Waals surface area (Å²) in [6, 6.07) is 9.83. The Labute approximate surface area is 183 Å². The molecule has 2 fully saturated rings. The van der Waals surface area contributed by atoms with Crippen LogP contribution in [0.2, 0.25) is 0 Å². The van der Waals surface area contributed by atoms with Crippen molar-refractivity contribution in [2.24, 2.45) is 0 Å². The van der Waals surface area contributed by atoms with E-state index >= 15 is 0 Å². The van der Waals surface area contributed by atoms with Gasteiger partial charge in [-0.25, -0.2) is 10.9 Å². The summed E-state index contributed by atoms with van der Waals surface area (Å²) >= 11 is 0. The third-order valence-electron chi connectivity index (χ3n) is 6.16. The Morgan fingerprint density at radius 2 is 1.77 bits per heavy atom. The van der Waals surface area contributed by atoms with Crippen molar-refractivity contribution in [3.8, 4) is 11.5 Å². The molecule has 0 saturated carbocycles. The number of ether oxygens (including phenoxy) is 2. The Morgan fingerprint density at radius 3 is 2.48 bits per heavy atom. The topological polar surface area (TPSA) is 79.0 Å². The third kappa shape index (κ3) is 5.15. The second kappa shape index (κ2) is 10.1. The van der Waals surface area contributed by atoms with Gasteiger partial charge in [0, 0.05) is 51.2 Å². The number of nitrogens with zero attached hydrogens (tertiary/aromatic N) is 3. The van der Waals surface area contributed by atoms with E-state index in [4.69, 9.17) is 9.47 Å². The van der Waals surface area contributed by atoms with Crippen molar-refractivity contribution < 1.29 is 14.3 Å². The summed E-state index contributed by atoms with van der Waals surface area (Å²) in [6.07, 6.45) is 5.39. The zero-order valence-corrected chi connectivity index (χ0v) is 18.2. The number of benzene rings is 1. The first-order valence-corrected chi connectivity index (χ1v) is 10.8. The van der Waals surface area contributed by atoms with Gasteiger partial charge >= 0.3 is 0 Å². The highest BCUT2D eigenvalue weighted by Gasteiger charge is 2.34. The molecule has 8 nitrogen and oxygen atoms in total. The molecule has 0 spiro atoms. The fourth-order valence-electron chi connectivity index (χ4n) is 4.26.